The largest absolute Gasteiger partial charge is 0.458 e. The molecule has 2 bridgehead atoms. The van der Waals surface area contributed by atoms with Crippen LogP contribution in [0.4, 0.5) is 0 Å². The van der Waals surface area contributed by atoms with Gasteiger partial charge in [-0.2, -0.15) is 0 Å². The SMILES string of the molecule is CC[C@H]1/C=C\C=C/C[C@@H](C)[C@H](O)[C@@](C)(O)C(=O)[C@@H](C)[C@H](O)[C@@H](C)C(=O)[C@@H](C)[C@H](O)[C@@H](C)/C=C/C(=O)O[C@@H]2C(C)[C@H](CC1)O[C@@]1(O[C@@H](C[C@@H](C)O)[C@@H](C)CC1=O)[C@H]2CC. The van der Waals surface area contributed by atoms with Crippen molar-refractivity contribution in [1.29, 1.82) is 0 Å². The fraction of sp³-hybridized carbons (Fsp3) is 0.783. The average Bonchev–Trinajstić information content (AvgIpc) is 3.18. The molecule has 5 N–H and O–H groups in total. The molecule has 12 nitrogen and oxygen atoms in total. The van der Waals surface area contributed by atoms with Gasteiger partial charge in [-0.15, -0.1) is 0 Å². The van der Waals surface area contributed by atoms with E-state index in [1.54, 1.807) is 20.8 Å². The second-order valence-corrected chi connectivity index (χ2v) is 18.1. The van der Waals surface area contributed by atoms with Crippen LogP contribution < -0.4 is 0 Å². The van der Waals surface area contributed by atoms with Crippen LogP contribution in [0.1, 0.15) is 121 Å². The lowest BCUT2D eigenvalue weighted by Gasteiger charge is -2.54. The van der Waals surface area contributed by atoms with E-state index in [1.165, 1.54) is 39.8 Å². The quantitative estimate of drug-likeness (QED) is 0.225. The van der Waals surface area contributed by atoms with E-state index in [0.717, 1.165) is 6.42 Å². The first kappa shape index (κ1) is 49.8. The smallest absolute Gasteiger partial charge is 0.330 e. The molecule has 2 saturated heterocycles. The fourth-order valence-corrected chi connectivity index (χ4v) is 9.21. The summed E-state index contributed by atoms with van der Waals surface area (Å²) >= 11 is 0. The number of esters is 1. The van der Waals surface area contributed by atoms with Crippen molar-refractivity contribution >= 4 is 23.3 Å². The number of ketones is 3. The minimum Gasteiger partial charge on any atom is -0.458 e. The fourth-order valence-electron chi connectivity index (χ4n) is 9.21. The van der Waals surface area contributed by atoms with Crippen molar-refractivity contribution in [1.82, 2.24) is 0 Å². The van der Waals surface area contributed by atoms with Crippen LogP contribution in [-0.4, -0.2) is 103 Å². The topological polar surface area (TPSA) is 197 Å². The molecule has 330 valence electrons. The predicted octanol–water partition coefficient (Wildman–Crippen LogP) is 5.45. The van der Waals surface area contributed by atoms with E-state index in [1.807, 2.05) is 39.0 Å². The minimum absolute atomic E-state index is 0.132. The zero-order valence-electron chi connectivity index (χ0n) is 36.7. The normalized spacial score (nSPS) is 45.6. The van der Waals surface area contributed by atoms with Gasteiger partial charge in [0.05, 0.1) is 42.5 Å². The number of fused-ring (bicyclic) bond motifs is 2. The molecule has 0 aromatic heterocycles. The van der Waals surface area contributed by atoms with E-state index in [2.05, 4.69) is 13.0 Å². The Labute approximate surface area is 346 Å². The summed E-state index contributed by atoms with van der Waals surface area (Å²) < 4.78 is 19.7. The highest BCUT2D eigenvalue weighted by atomic mass is 16.7. The maximum Gasteiger partial charge on any atom is 0.330 e. The summed E-state index contributed by atoms with van der Waals surface area (Å²) in [5, 5.41) is 55.1. The number of ether oxygens (including phenoxy) is 3. The number of aliphatic hydroxyl groups is 5. The van der Waals surface area contributed by atoms with Crippen molar-refractivity contribution in [3.63, 3.8) is 0 Å². The van der Waals surface area contributed by atoms with Gasteiger partial charge in [-0.25, -0.2) is 4.79 Å². The van der Waals surface area contributed by atoms with Gasteiger partial charge in [0.1, 0.15) is 17.5 Å². The van der Waals surface area contributed by atoms with E-state index in [9.17, 15) is 44.7 Å². The molecule has 0 aromatic rings. The van der Waals surface area contributed by atoms with E-state index in [0.29, 0.717) is 32.1 Å². The second-order valence-electron chi connectivity index (χ2n) is 18.1. The minimum atomic E-state index is -2.21. The van der Waals surface area contributed by atoms with Crippen LogP contribution >= 0.6 is 0 Å². The van der Waals surface area contributed by atoms with E-state index in [4.69, 9.17) is 14.2 Å². The number of hydrogen-bond acceptors (Lipinski definition) is 12. The molecule has 0 aliphatic carbocycles. The maximum absolute atomic E-state index is 14.1. The maximum atomic E-state index is 14.1. The Balaban J connectivity index is 2.05. The van der Waals surface area contributed by atoms with Crippen LogP contribution in [0.5, 0.6) is 0 Å². The molecule has 0 radical (unpaired) electrons. The van der Waals surface area contributed by atoms with Crippen molar-refractivity contribution in [2.75, 3.05) is 0 Å². The zero-order chi connectivity index (χ0) is 43.9. The van der Waals surface area contributed by atoms with Gasteiger partial charge in [0, 0.05) is 42.1 Å². The lowest BCUT2D eigenvalue weighted by atomic mass is 9.72. The molecule has 0 saturated carbocycles. The molecule has 0 amide bonds. The summed E-state index contributed by atoms with van der Waals surface area (Å²) in [6.45, 7) is 18.5. The van der Waals surface area contributed by atoms with Crippen LogP contribution in [0, 0.1) is 53.3 Å². The molecule has 1 spiro atoms. The van der Waals surface area contributed by atoms with E-state index >= 15 is 0 Å². The average molecular weight is 819 g/mol. The van der Waals surface area contributed by atoms with Crippen molar-refractivity contribution in [2.45, 2.75) is 175 Å². The molecule has 12 heteroatoms. The molecule has 18 atom stereocenters. The molecule has 1 unspecified atom stereocenters. The molecule has 2 fully saturated rings. The molecular weight excluding hydrogens is 744 g/mol. The van der Waals surface area contributed by atoms with Gasteiger partial charge in [0.2, 0.25) is 5.79 Å². The summed E-state index contributed by atoms with van der Waals surface area (Å²) in [6.07, 6.45) is 7.01. The third-order valence-electron chi connectivity index (χ3n) is 13.5. The molecule has 3 aliphatic heterocycles. The molecule has 3 heterocycles. The van der Waals surface area contributed by atoms with Crippen molar-refractivity contribution < 1.29 is 58.9 Å². The summed E-state index contributed by atoms with van der Waals surface area (Å²) in [7, 11) is 0. The first-order valence-corrected chi connectivity index (χ1v) is 21.7. The highest BCUT2D eigenvalue weighted by molar-refractivity contribution is 5.91. The van der Waals surface area contributed by atoms with Crippen LogP contribution in [0.2, 0.25) is 0 Å². The first-order valence-electron chi connectivity index (χ1n) is 21.7. The van der Waals surface area contributed by atoms with Gasteiger partial charge >= 0.3 is 5.97 Å². The summed E-state index contributed by atoms with van der Waals surface area (Å²) in [4.78, 5) is 54.8. The lowest BCUT2D eigenvalue weighted by molar-refractivity contribution is -0.347. The third-order valence-corrected chi connectivity index (χ3v) is 13.5. The number of rotatable bonds is 4. The Hall–Kier alpha value is -2.58. The van der Waals surface area contributed by atoms with Crippen LogP contribution in [0.25, 0.3) is 0 Å². The monoisotopic (exact) mass is 819 g/mol. The number of carbonyl (C=O) groups is 4. The molecule has 0 aromatic carbocycles. The second kappa shape index (κ2) is 21.3. The summed E-state index contributed by atoms with van der Waals surface area (Å²) in [6, 6.07) is 0. The molecule has 58 heavy (non-hydrogen) atoms. The first-order chi connectivity index (χ1) is 27.0. The van der Waals surface area contributed by atoms with Crippen LogP contribution in [-0.2, 0) is 33.4 Å². The molecule has 3 aliphatic rings. The van der Waals surface area contributed by atoms with Gasteiger partial charge < -0.3 is 39.7 Å². The Morgan fingerprint density at radius 2 is 1.47 bits per heavy atom. The van der Waals surface area contributed by atoms with Crippen LogP contribution in [0.3, 0.4) is 0 Å². The third kappa shape index (κ3) is 11.4. The van der Waals surface area contributed by atoms with E-state index < -0.39 is 107 Å². The number of carbonyl (C=O) groups excluding carboxylic acids is 4. The number of allylic oxidation sites excluding steroid dienone is 4. The van der Waals surface area contributed by atoms with Gasteiger partial charge in [-0.05, 0) is 70.1 Å². The lowest BCUT2D eigenvalue weighted by Crippen LogP contribution is -2.67. The van der Waals surface area contributed by atoms with Gasteiger partial charge in [-0.3, -0.25) is 14.4 Å². The van der Waals surface area contributed by atoms with Gasteiger partial charge in [0.15, 0.2) is 11.6 Å². The highest BCUT2D eigenvalue weighted by Crippen LogP contribution is 2.48. The van der Waals surface area contributed by atoms with Crippen molar-refractivity contribution in [3.05, 3.63) is 36.5 Å². The van der Waals surface area contributed by atoms with Gasteiger partial charge in [-0.1, -0.05) is 92.7 Å². The Kier molecular flexibility index (Phi) is 18.3. The van der Waals surface area contributed by atoms with Crippen LogP contribution in [0.15, 0.2) is 36.5 Å². The Morgan fingerprint density at radius 1 is 0.828 bits per heavy atom. The standard InChI is InChI=1S/C46H74O12/c1-12-33-18-16-14-15-17-26(4)43(53)45(11,55)44(54)32(10)41(52)31(9)40(51)30(8)39(50)25(3)19-22-38(49)56-42-29(7)35(21-20-33)57-46(34(42)13-2)37(48)23-27(5)36(58-46)24-28(6)47/h14-16,18-19,22,25-36,39,41-43,47,50,52-53,55H,12-13,17,20-21,23-24H2,1-11H3/b15-14-,18-16-,22-19+/t25-,26+,27-,28+,29?,30-,31-,32-,33-,34-,35-,36-,39+,41+,42+,43-,45+,46+/m0/s1. The van der Waals surface area contributed by atoms with E-state index in [-0.39, 0.29) is 30.0 Å². The van der Waals surface area contributed by atoms with Crippen molar-refractivity contribution in [3.8, 4) is 0 Å². The number of hydrogen-bond donors (Lipinski definition) is 5. The molecule has 3 rings (SSSR count). The predicted molar refractivity (Wildman–Crippen MR) is 220 cm³/mol. The zero-order valence-corrected chi connectivity index (χ0v) is 36.7. The summed E-state index contributed by atoms with van der Waals surface area (Å²) in [5.74, 6) is -9.45. The highest BCUT2D eigenvalue weighted by Gasteiger charge is 2.61. The number of Topliss-reactive ketones (excluding diaryl/α,β-unsaturated/α-hetero) is 3. The molecular formula is C46H74O12. The Bertz CT molecular complexity index is 1480. The van der Waals surface area contributed by atoms with Crippen molar-refractivity contribution in [2.24, 2.45) is 53.3 Å². The number of aliphatic hydroxyl groups excluding tert-OH is 4. The Morgan fingerprint density at radius 3 is 2.07 bits per heavy atom. The van der Waals surface area contributed by atoms with Gasteiger partial charge in [0.25, 0.3) is 0 Å². The summed E-state index contributed by atoms with van der Waals surface area (Å²) in [5.41, 5.74) is -2.21.